The number of urea groups is 1. The zero-order chi connectivity index (χ0) is 10.6. The summed E-state index contributed by atoms with van der Waals surface area (Å²) in [5.74, 6) is 0. The van der Waals surface area contributed by atoms with Crippen molar-refractivity contribution < 1.29 is 9.63 Å². The van der Waals surface area contributed by atoms with E-state index >= 15 is 0 Å². The molecule has 4 nitrogen and oxygen atoms in total. The first-order valence-corrected chi connectivity index (χ1v) is 4.46. The van der Waals surface area contributed by atoms with Crippen molar-refractivity contribution in [1.82, 2.24) is 5.48 Å². The fourth-order valence-electron chi connectivity index (χ4n) is 0.820. The van der Waals surface area contributed by atoms with Crippen molar-refractivity contribution in [1.29, 1.82) is 0 Å². The lowest BCUT2D eigenvalue weighted by Crippen LogP contribution is -2.29. The molecule has 0 bridgehead atoms. The van der Waals surface area contributed by atoms with Gasteiger partial charge in [-0.05, 0) is 17.7 Å². The summed E-state index contributed by atoms with van der Waals surface area (Å²) in [6, 6.07) is 4.28. The minimum absolute atomic E-state index is 0.180. The highest BCUT2D eigenvalue weighted by Gasteiger charge is 2.00. The van der Waals surface area contributed by atoms with Gasteiger partial charge in [-0.2, -0.15) is 0 Å². The highest BCUT2D eigenvalue weighted by molar-refractivity contribution is 6.41. The van der Waals surface area contributed by atoms with E-state index in [9.17, 15) is 4.79 Å². The second kappa shape index (κ2) is 5.05. The number of nitrogens with one attached hydrogen (secondary N) is 1. The van der Waals surface area contributed by atoms with Crippen LogP contribution in [0.2, 0.25) is 10.0 Å². The summed E-state index contributed by atoms with van der Waals surface area (Å²) >= 11 is 11.5. The van der Waals surface area contributed by atoms with Crippen LogP contribution in [0.4, 0.5) is 4.79 Å². The first-order chi connectivity index (χ1) is 6.59. The van der Waals surface area contributed by atoms with Crippen molar-refractivity contribution >= 4 is 29.2 Å². The van der Waals surface area contributed by atoms with Crippen LogP contribution in [0.15, 0.2) is 18.2 Å². The van der Waals surface area contributed by atoms with Crippen molar-refractivity contribution in [3.8, 4) is 0 Å². The third kappa shape index (κ3) is 3.41. The zero-order valence-corrected chi connectivity index (χ0v) is 8.60. The quantitative estimate of drug-likeness (QED) is 0.788. The molecule has 0 aliphatic carbocycles. The number of carbonyl (C=O) groups is 1. The molecule has 0 atom stereocenters. The Morgan fingerprint density at radius 1 is 1.43 bits per heavy atom. The third-order valence-electron chi connectivity index (χ3n) is 1.40. The number of primary amides is 1. The normalized spacial score (nSPS) is 9.86. The molecule has 1 aromatic carbocycles. The molecule has 0 aromatic heterocycles. The van der Waals surface area contributed by atoms with E-state index in [2.05, 4.69) is 0 Å². The molecule has 0 saturated carbocycles. The maximum absolute atomic E-state index is 10.2. The van der Waals surface area contributed by atoms with E-state index in [4.69, 9.17) is 33.8 Å². The van der Waals surface area contributed by atoms with E-state index in [0.717, 1.165) is 5.56 Å². The molecule has 0 unspecified atom stereocenters. The van der Waals surface area contributed by atoms with Crippen LogP contribution in [-0.2, 0) is 11.4 Å². The SMILES string of the molecule is NC(=O)NOCc1ccc(Cl)c(Cl)c1. The van der Waals surface area contributed by atoms with Crippen LogP contribution in [0.5, 0.6) is 0 Å². The van der Waals surface area contributed by atoms with E-state index in [1.165, 1.54) is 0 Å². The van der Waals surface area contributed by atoms with E-state index in [1.54, 1.807) is 18.2 Å². The Bertz CT molecular complexity index is 344. The van der Waals surface area contributed by atoms with Gasteiger partial charge in [-0.3, -0.25) is 4.84 Å². The number of hydrogen-bond acceptors (Lipinski definition) is 2. The minimum Gasteiger partial charge on any atom is -0.350 e. The molecule has 3 N–H and O–H groups in total. The molecule has 0 spiro atoms. The Balaban J connectivity index is 2.51. The number of hydrogen-bond donors (Lipinski definition) is 2. The lowest BCUT2D eigenvalue weighted by molar-refractivity contribution is 0.0521. The molecule has 0 aliphatic heterocycles. The predicted molar refractivity (Wildman–Crippen MR) is 54.0 cm³/mol. The molecule has 1 aromatic rings. The monoisotopic (exact) mass is 234 g/mol. The van der Waals surface area contributed by atoms with Crippen LogP contribution >= 0.6 is 23.2 Å². The summed E-state index contributed by atoms with van der Waals surface area (Å²) in [4.78, 5) is 15.0. The standard InChI is InChI=1S/C8H8Cl2N2O2/c9-6-2-1-5(3-7(6)10)4-14-12-8(11)13/h1-3H,4H2,(H3,11,12,13). The largest absolute Gasteiger partial charge is 0.350 e. The van der Waals surface area contributed by atoms with Gasteiger partial charge in [0, 0.05) is 0 Å². The van der Waals surface area contributed by atoms with E-state index in [0.29, 0.717) is 10.0 Å². The Kier molecular flexibility index (Phi) is 4.00. The fraction of sp³-hybridized carbons (Fsp3) is 0.125. The number of hydroxylamine groups is 1. The van der Waals surface area contributed by atoms with Crippen LogP contribution in [-0.4, -0.2) is 6.03 Å². The van der Waals surface area contributed by atoms with Gasteiger partial charge < -0.3 is 5.73 Å². The molecular formula is C8H8Cl2N2O2. The summed E-state index contributed by atoms with van der Waals surface area (Å²) < 4.78 is 0. The van der Waals surface area contributed by atoms with Gasteiger partial charge in [0.15, 0.2) is 0 Å². The first-order valence-electron chi connectivity index (χ1n) is 3.71. The molecule has 0 aliphatic rings. The number of benzene rings is 1. The molecule has 76 valence electrons. The average Bonchev–Trinajstić information content (AvgIpc) is 2.10. The predicted octanol–water partition coefficient (Wildman–Crippen LogP) is 2.09. The second-order valence-electron chi connectivity index (χ2n) is 2.50. The smallest absolute Gasteiger partial charge is 0.336 e. The Morgan fingerprint density at radius 3 is 2.71 bits per heavy atom. The number of carbonyl (C=O) groups excluding carboxylic acids is 1. The Labute approximate surface area is 90.9 Å². The number of amides is 2. The van der Waals surface area contributed by atoms with Gasteiger partial charge in [0.2, 0.25) is 0 Å². The highest BCUT2D eigenvalue weighted by atomic mass is 35.5. The van der Waals surface area contributed by atoms with Crippen LogP contribution < -0.4 is 11.2 Å². The summed E-state index contributed by atoms with van der Waals surface area (Å²) in [6.07, 6.45) is 0. The topological polar surface area (TPSA) is 64.4 Å². The van der Waals surface area contributed by atoms with Gasteiger partial charge in [0.05, 0.1) is 16.7 Å². The zero-order valence-electron chi connectivity index (χ0n) is 7.09. The second-order valence-corrected chi connectivity index (χ2v) is 3.32. The molecule has 0 radical (unpaired) electrons. The van der Waals surface area contributed by atoms with E-state index in [1.807, 2.05) is 5.48 Å². The minimum atomic E-state index is -0.745. The molecule has 0 fully saturated rings. The maximum atomic E-state index is 10.2. The fourth-order valence-corrected chi connectivity index (χ4v) is 1.14. The van der Waals surface area contributed by atoms with E-state index < -0.39 is 6.03 Å². The van der Waals surface area contributed by atoms with Crippen molar-refractivity contribution in [2.45, 2.75) is 6.61 Å². The van der Waals surface area contributed by atoms with Gasteiger partial charge in [0.25, 0.3) is 0 Å². The molecule has 0 saturated heterocycles. The van der Waals surface area contributed by atoms with Gasteiger partial charge in [-0.1, -0.05) is 29.3 Å². The van der Waals surface area contributed by atoms with Gasteiger partial charge in [0.1, 0.15) is 0 Å². The van der Waals surface area contributed by atoms with Gasteiger partial charge in [-0.15, -0.1) is 0 Å². The molecule has 1 rings (SSSR count). The van der Waals surface area contributed by atoms with Gasteiger partial charge >= 0.3 is 6.03 Å². The van der Waals surface area contributed by atoms with E-state index in [-0.39, 0.29) is 6.61 Å². The Hall–Kier alpha value is -0.970. The molecule has 0 heterocycles. The lowest BCUT2D eigenvalue weighted by Gasteiger charge is -2.04. The number of rotatable bonds is 3. The highest BCUT2D eigenvalue weighted by Crippen LogP contribution is 2.22. The number of halogens is 2. The third-order valence-corrected chi connectivity index (χ3v) is 2.13. The van der Waals surface area contributed by atoms with Gasteiger partial charge in [-0.25, -0.2) is 10.3 Å². The van der Waals surface area contributed by atoms with Crippen LogP contribution in [0.25, 0.3) is 0 Å². The molecule has 6 heteroatoms. The lowest BCUT2D eigenvalue weighted by atomic mass is 10.2. The number of nitrogens with two attached hydrogens (primary N) is 1. The molecule has 14 heavy (non-hydrogen) atoms. The van der Waals surface area contributed by atoms with Crippen molar-refractivity contribution in [3.05, 3.63) is 33.8 Å². The van der Waals surface area contributed by atoms with Crippen LogP contribution in [0.1, 0.15) is 5.56 Å². The van der Waals surface area contributed by atoms with Crippen molar-refractivity contribution in [3.63, 3.8) is 0 Å². The summed E-state index contributed by atoms with van der Waals surface area (Å²) in [6.45, 7) is 0.180. The van der Waals surface area contributed by atoms with Crippen molar-refractivity contribution in [2.24, 2.45) is 5.73 Å². The van der Waals surface area contributed by atoms with Crippen LogP contribution in [0.3, 0.4) is 0 Å². The molecule has 2 amide bonds. The first kappa shape index (κ1) is 11.1. The average molecular weight is 235 g/mol. The Morgan fingerprint density at radius 2 is 2.14 bits per heavy atom. The van der Waals surface area contributed by atoms with Crippen LogP contribution in [0, 0.1) is 0 Å². The summed E-state index contributed by atoms with van der Waals surface area (Å²) in [7, 11) is 0. The summed E-state index contributed by atoms with van der Waals surface area (Å²) in [5, 5.41) is 0.908. The van der Waals surface area contributed by atoms with Crippen molar-refractivity contribution in [2.75, 3.05) is 0 Å². The maximum Gasteiger partial charge on any atom is 0.336 e. The summed E-state index contributed by atoms with van der Waals surface area (Å²) in [5.41, 5.74) is 7.56. The molecular weight excluding hydrogens is 227 g/mol.